The second-order valence-electron chi connectivity index (χ2n) is 10.1. The fourth-order valence-corrected chi connectivity index (χ4v) is 4.74. The van der Waals surface area contributed by atoms with E-state index in [0.717, 1.165) is 5.56 Å². The van der Waals surface area contributed by atoms with Gasteiger partial charge in [0.15, 0.2) is 5.78 Å². The van der Waals surface area contributed by atoms with E-state index in [9.17, 15) is 19.2 Å². The van der Waals surface area contributed by atoms with Crippen molar-refractivity contribution in [3.8, 4) is 0 Å². The molecular weight excluding hydrogens is 434 g/mol. The zero-order valence-electron chi connectivity index (χ0n) is 20.0. The number of pyridine rings is 1. The predicted molar refractivity (Wildman–Crippen MR) is 127 cm³/mol. The first-order valence-corrected chi connectivity index (χ1v) is 11.6. The number of benzene rings is 1. The van der Waals surface area contributed by atoms with E-state index < -0.39 is 17.1 Å². The van der Waals surface area contributed by atoms with Gasteiger partial charge in [0.2, 0.25) is 0 Å². The van der Waals surface area contributed by atoms with Gasteiger partial charge >= 0.3 is 6.09 Å². The van der Waals surface area contributed by atoms with Crippen LogP contribution in [0.5, 0.6) is 0 Å². The van der Waals surface area contributed by atoms with Crippen molar-refractivity contribution in [3.63, 3.8) is 0 Å². The van der Waals surface area contributed by atoms with Crippen molar-refractivity contribution in [1.82, 2.24) is 14.8 Å². The molecule has 0 radical (unpaired) electrons. The molecule has 1 aromatic carbocycles. The maximum Gasteiger partial charge on any atom is 0.410 e. The Hall–Kier alpha value is -3.42. The van der Waals surface area contributed by atoms with Crippen LogP contribution in [-0.4, -0.2) is 53.0 Å². The lowest BCUT2D eigenvalue weighted by Crippen LogP contribution is -2.37. The summed E-state index contributed by atoms with van der Waals surface area (Å²) >= 11 is 0. The number of ketones is 1. The number of fused-ring (bicyclic) bond motifs is 1. The fraction of sp³-hybridized carbons (Fsp3) is 0.462. The van der Waals surface area contributed by atoms with Crippen molar-refractivity contribution in [2.45, 2.75) is 39.3 Å². The fourth-order valence-electron chi connectivity index (χ4n) is 4.74. The van der Waals surface area contributed by atoms with E-state index in [1.807, 2.05) is 51.1 Å². The summed E-state index contributed by atoms with van der Waals surface area (Å²) in [5.74, 6) is 0.146. The van der Waals surface area contributed by atoms with Crippen LogP contribution >= 0.6 is 0 Å². The molecule has 1 aliphatic carbocycles. The SMILES string of the molecule is CNC(=O)c1cc(C(=O)CC2[C@H]3CN(C(=O)OC(C)(C)C)C[C@@H]23)cn(Cc2ccccc2)c1=O. The number of ether oxygens (including phenoxy) is 1. The molecule has 2 aliphatic rings. The van der Waals surface area contributed by atoms with Gasteiger partial charge in [-0.05, 0) is 50.2 Å². The van der Waals surface area contributed by atoms with Crippen molar-refractivity contribution in [2.24, 2.45) is 17.8 Å². The molecule has 4 rings (SSSR count). The number of Topliss-reactive ketones (excluding diaryl/α,β-unsaturated/α-hetero) is 1. The minimum atomic E-state index is -0.537. The number of carbonyl (C=O) groups excluding carboxylic acids is 3. The molecular formula is C26H31N3O5. The van der Waals surface area contributed by atoms with Crippen LogP contribution in [0, 0.1) is 17.8 Å². The monoisotopic (exact) mass is 465 g/mol. The third-order valence-electron chi connectivity index (χ3n) is 6.52. The molecule has 2 amide bonds. The van der Waals surface area contributed by atoms with Gasteiger partial charge in [0.05, 0.1) is 6.54 Å². The summed E-state index contributed by atoms with van der Waals surface area (Å²) in [6.07, 6.45) is 1.57. The third kappa shape index (κ3) is 5.05. The number of carbonyl (C=O) groups is 3. The summed E-state index contributed by atoms with van der Waals surface area (Å²) in [7, 11) is 1.46. The largest absolute Gasteiger partial charge is 0.444 e. The van der Waals surface area contributed by atoms with Gasteiger partial charge < -0.3 is 19.5 Å². The van der Waals surface area contributed by atoms with Crippen LogP contribution in [0.2, 0.25) is 0 Å². The van der Waals surface area contributed by atoms with Crippen LogP contribution in [0.3, 0.4) is 0 Å². The number of hydrogen-bond donors (Lipinski definition) is 1. The molecule has 8 nitrogen and oxygen atoms in total. The summed E-state index contributed by atoms with van der Waals surface area (Å²) in [6.45, 7) is 6.97. The van der Waals surface area contributed by atoms with Crippen molar-refractivity contribution >= 4 is 17.8 Å². The molecule has 0 spiro atoms. The highest BCUT2D eigenvalue weighted by Gasteiger charge is 2.57. The number of hydrogen-bond acceptors (Lipinski definition) is 5. The number of nitrogens with zero attached hydrogens (tertiary/aromatic N) is 2. The Morgan fingerprint density at radius 1 is 1.09 bits per heavy atom. The zero-order valence-corrected chi connectivity index (χ0v) is 20.0. The maximum atomic E-state index is 13.2. The van der Waals surface area contributed by atoms with Crippen LogP contribution in [0.25, 0.3) is 0 Å². The Bertz CT molecular complexity index is 1150. The van der Waals surface area contributed by atoms with E-state index in [4.69, 9.17) is 4.74 Å². The lowest BCUT2D eigenvalue weighted by Gasteiger charge is -2.25. The van der Waals surface area contributed by atoms with Gasteiger partial charge in [0.1, 0.15) is 11.2 Å². The molecule has 1 aliphatic heterocycles. The molecule has 1 N–H and O–H groups in total. The van der Waals surface area contributed by atoms with Gasteiger partial charge in [0.25, 0.3) is 11.5 Å². The quantitative estimate of drug-likeness (QED) is 0.662. The van der Waals surface area contributed by atoms with Crippen LogP contribution in [0.15, 0.2) is 47.4 Å². The predicted octanol–water partition coefficient (Wildman–Crippen LogP) is 2.94. The minimum absolute atomic E-state index is 0.0450. The molecule has 8 heteroatoms. The summed E-state index contributed by atoms with van der Waals surface area (Å²) in [5.41, 5.74) is 0.233. The molecule has 1 aromatic heterocycles. The van der Waals surface area contributed by atoms with Crippen molar-refractivity contribution < 1.29 is 19.1 Å². The first-order chi connectivity index (χ1) is 16.1. The normalized spacial score (nSPS) is 21.1. The lowest BCUT2D eigenvalue weighted by molar-refractivity contribution is 0.0265. The first-order valence-electron chi connectivity index (χ1n) is 11.6. The summed E-state index contributed by atoms with van der Waals surface area (Å²) in [6, 6.07) is 10.8. The second-order valence-corrected chi connectivity index (χ2v) is 10.1. The number of piperidine rings is 1. The molecule has 2 fully saturated rings. The Kier molecular flexibility index (Phi) is 6.34. The summed E-state index contributed by atoms with van der Waals surface area (Å²) < 4.78 is 6.87. The number of rotatable bonds is 6. The minimum Gasteiger partial charge on any atom is -0.444 e. The average molecular weight is 466 g/mol. The van der Waals surface area contributed by atoms with Crippen LogP contribution in [0.1, 0.15) is 53.5 Å². The van der Waals surface area contributed by atoms with E-state index in [0.29, 0.717) is 25.1 Å². The van der Waals surface area contributed by atoms with Crippen LogP contribution in [-0.2, 0) is 11.3 Å². The Morgan fingerprint density at radius 2 is 1.74 bits per heavy atom. The van der Waals surface area contributed by atoms with Crippen molar-refractivity contribution in [3.05, 3.63) is 69.6 Å². The van der Waals surface area contributed by atoms with Gasteiger partial charge in [-0.1, -0.05) is 30.3 Å². The summed E-state index contributed by atoms with van der Waals surface area (Å²) in [5, 5.41) is 2.48. The molecule has 1 saturated carbocycles. The first kappa shape index (κ1) is 23.7. The van der Waals surface area contributed by atoms with Gasteiger partial charge in [-0.2, -0.15) is 0 Å². The van der Waals surface area contributed by atoms with Gasteiger partial charge in [0, 0.05) is 38.3 Å². The molecule has 2 aromatic rings. The van der Waals surface area contributed by atoms with E-state index >= 15 is 0 Å². The average Bonchev–Trinajstić information content (AvgIpc) is 3.21. The van der Waals surface area contributed by atoms with Crippen LogP contribution < -0.4 is 10.9 Å². The van der Waals surface area contributed by atoms with E-state index in [1.54, 1.807) is 11.1 Å². The standard InChI is InChI=1S/C26H31N3O5/c1-26(2,3)34-25(33)29-14-20-18(21(20)15-29)11-22(30)17-10-19(23(31)27-4)24(32)28(13-17)12-16-8-6-5-7-9-16/h5-10,13,18,20-21H,11-12,14-15H2,1-4H3,(H,27,31)/t18?,20-,21+. The number of amides is 2. The molecule has 1 saturated heterocycles. The van der Waals surface area contributed by atoms with Crippen molar-refractivity contribution in [2.75, 3.05) is 20.1 Å². The highest BCUT2D eigenvalue weighted by molar-refractivity contribution is 6.00. The zero-order chi connectivity index (χ0) is 24.6. The number of aromatic nitrogens is 1. The van der Waals surface area contributed by atoms with Gasteiger partial charge in [-0.3, -0.25) is 14.4 Å². The van der Waals surface area contributed by atoms with E-state index in [2.05, 4.69) is 5.32 Å². The number of likely N-dealkylation sites (tertiary alicyclic amines) is 1. The second kappa shape index (κ2) is 9.08. The van der Waals surface area contributed by atoms with Gasteiger partial charge in [-0.25, -0.2) is 4.79 Å². The molecule has 2 heterocycles. The maximum absolute atomic E-state index is 13.2. The summed E-state index contributed by atoms with van der Waals surface area (Å²) in [4.78, 5) is 52.4. The lowest BCUT2D eigenvalue weighted by atomic mass is 10.0. The molecule has 180 valence electrons. The Morgan fingerprint density at radius 3 is 2.32 bits per heavy atom. The molecule has 3 atom stereocenters. The van der Waals surface area contributed by atoms with E-state index in [-0.39, 0.29) is 41.7 Å². The molecule has 1 unspecified atom stereocenters. The number of nitrogens with one attached hydrogen (secondary N) is 1. The molecule has 0 bridgehead atoms. The molecule has 34 heavy (non-hydrogen) atoms. The Labute approximate surface area is 198 Å². The highest BCUT2D eigenvalue weighted by atomic mass is 16.6. The smallest absolute Gasteiger partial charge is 0.410 e. The van der Waals surface area contributed by atoms with Crippen molar-refractivity contribution in [1.29, 1.82) is 0 Å². The Balaban J connectivity index is 1.47. The third-order valence-corrected chi connectivity index (χ3v) is 6.52. The highest BCUT2D eigenvalue weighted by Crippen LogP contribution is 2.54. The topological polar surface area (TPSA) is 97.7 Å². The van der Waals surface area contributed by atoms with Gasteiger partial charge in [-0.15, -0.1) is 0 Å². The van der Waals surface area contributed by atoms with Crippen LogP contribution in [0.4, 0.5) is 4.79 Å². The van der Waals surface area contributed by atoms with E-state index in [1.165, 1.54) is 17.7 Å².